The van der Waals surface area contributed by atoms with E-state index in [4.69, 9.17) is 4.42 Å². The smallest absolute Gasteiger partial charge is 0.143 e. The number of anilines is 3. The Labute approximate surface area is 357 Å². The fourth-order valence-corrected chi connectivity index (χ4v) is 10.5. The summed E-state index contributed by atoms with van der Waals surface area (Å²) in [5, 5.41) is 7.34. The van der Waals surface area contributed by atoms with Gasteiger partial charge in [0.2, 0.25) is 0 Å². The van der Waals surface area contributed by atoms with Crippen molar-refractivity contribution in [1.82, 2.24) is 0 Å². The fraction of sp³-hybridized carbons (Fsp3) is 0. The molecule has 0 amide bonds. The molecule has 0 unspecified atom stereocenters. The first kappa shape index (κ1) is 35.2. The molecule has 0 spiro atoms. The zero-order valence-corrected chi connectivity index (χ0v) is 33.9. The Hall–Kier alpha value is -7.72. The van der Waals surface area contributed by atoms with Gasteiger partial charge in [0.05, 0.1) is 5.69 Å². The van der Waals surface area contributed by atoms with Gasteiger partial charge in [0.25, 0.3) is 0 Å². The molecule has 0 N–H and O–H groups in total. The Morgan fingerprint density at radius 2 is 0.951 bits per heavy atom. The Kier molecular flexibility index (Phi) is 8.39. The maximum atomic E-state index is 6.63. The summed E-state index contributed by atoms with van der Waals surface area (Å²) in [5.74, 6) is 0. The van der Waals surface area contributed by atoms with E-state index in [1.165, 1.54) is 58.8 Å². The van der Waals surface area contributed by atoms with Gasteiger partial charge in [-0.15, -0.1) is 11.3 Å². The average Bonchev–Trinajstić information content (AvgIpc) is 3.91. The van der Waals surface area contributed by atoms with E-state index in [2.05, 4.69) is 223 Å². The van der Waals surface area contributed by atoms with E-state index in [9.17, 15) is 0 Å². The zero-order valence-electron chi connectivity index (χ0n) is 33.1. The van der Waals surface area contributed by atoms with Gasteiger partial charge in [0.1, 0.15) is 11.2 Å². The summed E-state index contributed by atoms with van der Waals surface area (Å²) in [4.78, 5) is 2.40. The molecular formula is C58H37NOS. The molecule has 12 rings (SSSR count). The number of furan rings is 1. The van der Waals surface area contributed by atoms with E-state index in [0.717, 1.165) is 55.7 Å². The van der Waals surface area contributed by atoms with Crippen LogP contribution in [0.25, 0.3) is 97.4 Å². The number of para-hydroxylation sites is 3. The van der Waals surface area contributed by atoms with Gasteiger partial charge in [-0.3, -0.25) is 0 Å². The van der Waals surface area contributed by atoms with Crippen LogP contribution in [0.3, 0.4) is 0 Å². The van der Waals surface area contributed by atoms with Crippen LogP contribution in [-0.4, -0.2) is 0 Å². The van der Waals surface area contributed by atoms with Gasteiger partial charge in [-0.05, 0) is 92.7 Å². The first-order valence-corrected chi connectivity index (χ1v) is 21.6. The van der Waals surface area contributed by atoms with E-state index in [0.29, 0.717) is 0 Å². The summed E-state index contributed by atoms with van der Waals surface area (Å²) in [5.41, 5.74) is 14.3. The first-order chi connectivity index (χ1) is 30.2. The van der Waals surface area contributed by atoms with Crippen molar-refractivity contribution < 1.29 is 4.42 Å². The van der Waals surface area contributed by atoms with Gasteiger partial charge in [0, 0.05) is 53.4 Å². The molecule has 0 saturated heterocycles. The molecule has 0 aliphatic rings. The van der Waals surface area contributed by atoms with E-state index >= 15 is 0 Å². The van der Waals surface area contributed by atoms with Crippen molar-refractivity contribution in [3.63, 3.8) is 0 Å². The van der Waals surface area contributed by atoms with Crippen LogP contribution in [0.15, 0.2) is 229 Å². The standard InChI is InChI=1S/C58H37NOS/c1-2-20-45-38(14-1)15-11-24-46(45)39-32-34-43(35-33-39)59(54-29-6-3-21-48(54)51-26-13-27-52-49-22-4-7-30-55(49)60-57(51)52)44-19-10-17-41(37-44)40-16-9-18-42(36-40)47-25-12-28-53-50-23-5-8-31-56(50)61-58(47)53/h1-37H. The van der Waals surface area contributed by atoms with Crippen molar-refractivity contribution in [2.24, 2.45) is 0 Å². The third-order valence-electron chi connectivity index (χ3n) is 12.1. The third-order valence-corrected chi connectivity index (χ3v) is 13.3. The molecule has 2 nitrogen and oxygen atoms in total. The summed E-state index contributed by atoms with van der Waals surface area (Å²) in [6, 6.07) is 81.1. The molecular weight excluding hydrogens is 759 g/mol. The van der Waals surface area contributed by atoms with Crippen LogP contribution in [-0.2, 0) is 0 Å². The molecule has 0 radical (unpaired) electrons. The number of hydrogen-bond acceptors (Lipinski definition) is 3. The average molecular weight is 796 g/mol. The van der Waals surface area contributed by atoms with Gasteiger partial charge in [-0.2, -0.15) is 0 Å². The van der Waals surface area contributed by atoms with Gasteiger partial charge < -0.3 is 9.32 Å². The minimum Gasteiger partial charge on any atom is -0.455 e. The molecule has 286 valence electrons. The minimum absolute atomic E-state index is 0.890. The summed E-state index contributed by atoms with van der Waals surface area (Å²) in [6.45, 7) is 0. The lowest BCUT2D eigenvalue weighted by atomic mass is 9.96. The van der Waals surface area contributed by atoms with Crippen molar-refractivity contribution >= 4 is 81.3 Å². The monoisotopic (exact) mass is 795 g/mol. The van der Waals surface area contributed by atoms with Crippen molar-refractivity contribution in [3.05, 3.63) is 224 Å². The first-order valence-electron chi connectivity index (χ1n) is 20.7. The predicted molar refractivity (Wildman–Crippen MR) is 261 cm³/mol. The number of fused-ring (bicyclic) bond motifs is 7. The molecule has 0 aliphatic heterocycles. The minimum atomic E-state index is 0.890. The molecule has 3 heteroatoms. The molecule has 12 aromatic rings. The number of thiophene rings is 1. The van der Waals surface area contributed by atoms with Crippen molar-refractivity contribution in [1.29, 1.82) is 0 Å². The second-order valence-electron chi connectivity index (χ2n) is 15.6. The van der Waals surface area contributed by atoms with Gasteiger partial charge in [-0.25, -0.2) is 0 Å². The topological polar surface area (TPSA) is 16.4 Å². The quantitative estimate of drug-likeness (QED) is 0.160. The molecule has 0 bridgehead atoms. The molecule has 2 aromatic heterocycles. The second-order valence-corrected chi connectivity index (χ2v) is 16.7. The summed E-state index contributed by atoms with van der Waals surface area (Å²) >= 11 is 1.87. The fourth-order valence-electron chi connectivity index (χ4n) is 9.22. The number of rotatable bonds is 7. The summed E-state index contributed by atoms with van der Waals surface area (Å²) in [6.07, 6.45) is 0. The van der Waals surface area contributed by atoms with Crippen molar-refractivity contribution in [2.45, 2.75) is 0 Å². The van der Waals surface area contributed by atoms with E-state index in [-0.39, 0.29) is 0 Å². The van der Waals surface area contributed by atoms with Crippen LogP contribution >= 0.6 is 11.3 Å². The van der Waals surface area contributed by atoms with E-state index < -0.39 is 0 Å². The maximum Gasteiger partial charge on any atom is 0.143 e. The van der Waals surface area contributed by atoms with E-state index in [1.54, 1.807) is 0 Å². The highest BCUT2D eigenvalue weighted by atomic mass is 32.1. The lowest BCUT2D eigenvalue weighted by Gasteiger charge is -2.28. The molecule has 0 aliphatic carbocycles. The molecule has 0 saturated carbocycles. The zero-order chi connectivity index (χ0) is 40.3. The molecule has 10 aromatic carbocycles. The second kappa shape index (κ2) is 14.5. The summed E-state index contributed by atoms with van der Waals surface area (Å²) < 4.78 is 9.27. The highest BCUT2D eigenvalue weighted by Gasteiger charge is 2.21. The molecule has 0 atom stereocenters. The van der Waals surface area contributed by atoms with Crippen LogP contribution in [0, 0.1) is 0 Å². The Balaban J connectivity index is 1.01. The number of benzene rings is 10. The largest absolute Gasteiger partial charge is 0.455 e. The van der Waals surface area contributed by atoms with E-state index in [1.807, 2.05) is 17.4 Å². The lowest BCUT2D eigenvalue weighted by Crippen LogP contribution is -2.11. The summed E-state index contributed by atoms with van der Waals surface area (Å²) in [7, 11) is 0. The lowest BCUT2D eigenvalue weighted by molar-refractivity contribution is 0.670. The normalized spacial score (nSPS) is 11.6. The highest BCUT2D eigenvalue weighted by Crippen LogP contribution is 2.46. The van der Waals surface area contributed by atoms with Crippen molar-refractivity contribution in [3.8, 4) is 44.5 Å². The number of hydrogen-bond donors (Lipinski definition) is 0. The SMILES string of the molecule is c1cc(-c2cccc(N(c3ccc(-c4cccc5ccccc45)cc3)c3ccccc3-c3cccc4c3oc3ccccc34)c2)cc(-c2cccc3c2sc2ccccc23)c1. The van der Waals surface area contributed by atoms with Crippen LogP contribution in [0.4, 0.5) is 17.1 Å². The predicted octanol–water partition coefficient (Wildman–Crippen LogP) is 17.2. The van der Waals surface area contributed by atoms with Crippen LogP contribution in [0.5, 0.6) is 0 Å². The molecule has 2 heterocycles. The van der Waals surface area contributed by atoms with Gasteiger partial charge in [-0.1, -0.05) is 176 Å². The third kappa shape index (κ3) is 6.01. The highest BCUT2D eigenvalue weighted by molar-refractivity contribution is 7.26. The van der Waals surface area contributed by atoms with Gasteiger partial charge in [0.15, 0.2) is 0 Å². The van der Waals surface area contributed by atoms with Gasteiger partial charge >= 0.3 is 0 Å². The molecule has 0 fully saturated rings. The Morgan fingerprint density at radius 1 is 0.344 bits per heavy atom. The number of nitrogens with zero attached hydrogens (tertiary/aromatic N) is 1. The Morgan fingerprint density at radius 3 is 1.85 bits per heavy atom. The van der Waals surface area contributed by atoms with Crippen LogP contribution in [0.1, 0.15) is 0 Å². The van der Waals surface area contributed by atoms with Crippen LogP contribution < -0.4 is 4.90 Å². The maximum absolute atomic E-state index is 6.63. The van der Waals surface area contributed by atoms with Crippen LogP contribution in [0.2, 0.25) is 0 Å². The Bertz CT molecular complexity index is 3610. The van der Waals surface area contributed by atoms with Crippen molar-refractivity contribution in [2.75, 3.05) is 4.90 Å². The molecule has 61 heavy (non-hydrogen) atoms.